The molecule has 0 aliphatic heterocycles. The first-order valence-corrected chi connectivity index (χ1v) is 11.1. The van der Waals surface area contributed by atoms with Crippen LogP contribution in [-0.4, -0.2) is 69.0 Å². The summed E-state index contributed by atoms with van der Waals surface area (Å²) in [7, 11) is 0. The van der Waals surface area contributed by atoms with Crippen molar-refractivity contribution in [3.05, 3.63) is 36.0 Å². The maximum Gasteiger partial charge on any atom is 0.325 e. The number of para-hydroxylation sites is 1. The number of carboxylic acids is 2. The number of rotatable bonds is 12. The molecule has 0 bridgehead atoms. The summed E-state index contributed by atoms with van der Waals surface area (Å²) in [5.41, 5.74) is 7.45. The molecule has 12 nitrogen and oxygen atoms in total. The minimum Gasteiger partial charge on any atom is -0.481 e. The van der Waals surface area contributed by atoms with Gasteiger partial charge < -0.3 is 36.9 Å². The summed E-state index contributed by atoms with van der Waals surface area (Å²) in [5, 5.41) is 26.1. The number of carbonyl (C=O) groups is 5. The molecule has 0 saturated carbocycles. The second-order valence-corrected chi connectivity index (χ2v) is 8.62. The zero-order chi connectivity index (χ0) is 26.3. The number of aliphatic carboxylic acids is 2. The molecule has 4 unspecified atom stereocenters. The Kier molecular flexibility index (Phi) is 9.34. The first-order chi connectivity index (χ1) is 16.4. The Bertz CT molecular complexity index is 1100. The number of aromatic amines is 1. The van der Waals surface area contributed by atoms with Gasteiger partial charge in [0.2, 0.25) is 17.7 Å². The molecule has 1 aromatic carbocycles. The fraction of sp³-hybridized carbons (Fsp3) is 0.435. The minimum absolute atomic E-state index is 0.0271. The van der Waals surface area contributed by atoms with Crippen LogP contribution in [-0.2, 0) is 30.4 Å². The molecule has 2 aromatic rings. The van der Waals surface area contributed by atoms with E-state index in [-0.39, 0.29) is 12.3 Å². The SMILES string of the molecule is CC(NC(=O)C(CC(=O)O)NC(=O)C(Cc1c[nH]c2ccccc12)NC(=O)C(N)C(C)C)C(=O)O. The molecule has 0 saturated heterocycles. The summed E-state index contributed by atoms with van der Waals surface area (Å²) in [6.07, 6.45) is 0.929. The maximum absolute atomic E-state index is 13.2. The molecule has 0 fully saturated rings. The highest BCUT2D eigenvalue weighted by Crippen LogP contribution is 2.19. The molecule has 12 heteroatoms. The van der Waals surface area contributed by atoms with Crippen molar-refractivity contribution in [2.24, 2.45) is 11.7 Å². The van der Waals surface area contributed by atoms with E-state index < -0.39 is 60.2 Å². The molecule has 35 heavy (non-hydrogen) atoms. The fourth-order valence-corrected chi connectivity index (χ4v) is 3.33. The Morgan fingerprint density at radius 3 is 2.11 bits per heavy atom. The van der Waals surface area contributed by atoms with Crippen LogP contribution in [0.15, 0.2) is 30.5 Å². The summed E-state index contributed by atoms with van der Waals surface area (Å²) < 4.78 is 0. The van der Waals surface area contributed by atoms with Gasteiger partial charge >= 0.3 is 11.9 Å². The quantitative estimate of drug-likeness (QED) is 0.211. The third-order valence-electron chi connectivity index (χ3n) is 5.49. The average Bonchev–Trinajstić information content (AvgIpc) is 3.19. The molecule has 0 radical (unpaired) electrons. The van der Waals surface area contributed by atoms with E-state index in [1.54, 1.807) is 20.0 Å². The molecule has 1 aromatic heterocycles. The molecule has 0 aliphatic rings. The molecule has 4 atom stereocenters. The predicted octanol–water partition coefficient (Wildman–Crippen LogP) is -0.273. The van der Waals surface area contributed by atoms with Gasteiger partial charge in [0.1, 0.15) is 18.1 Å². The molecule has 8 N–H and O–H groups in total. The molecule has 190 valence electrons. The summed E-state index contributed by atoms with van der Waals surface area (Å²) in [5.74, 6) is -5.30. The van der Waals surface area contributed by atoms with E-state index in [1.807, 2.05) is 24.3 Å². The van der Waals surface area contributed by atoms with Crippen molar-refractivity contribution in [2.75, 3.05) is 0 Å². The Morgan fingerprint density at radius 2 is 1.51 bits per heavy atom. The number of carbonyl (C=O) groups excluding carboxylic acids is 3. The molecule has 3 amide bonds. The summed E-state index contributed by atoms with van der Waals surface area (Å²) in [4.78, 5) is 63.8. The van der Waals surface area contributed by atoms with Crippen LogP contribution in [0.5, 0.6) is 0 Å². The lowest BCUT2D eigenvalue weighted by Crippen LogP contribution is -2.58. The molecular weight excluding hydrogens is 458 g/mol. The van der Waals surface area contributed by atoms with Crippen molar-refractivity contribution in [1.29, 1.82) is 0 Å². The number of carboxylic acid groups (broad SMARTS) is 2. The van der Waals surface area contributed by atoms with Crippen LogP contribution in [0.4, 0.5) is 0 Å². The van der Waals surface area contributed by atoms with Gasteiger partial charge in [-0.3, -0.25) is 24.0 Å². The van der Waals surface area contributed by atoms with Gasteiger partial charge in [-0.15, -0.1) is 0 Å². The Balaban J connectivity index is 2.30. The summed E-state index contributed by atoms with van der Waals surface area (Å²) >= 11 is 0. The number of hydrogen-bond acceptors (Lipinski definition) is 6. The van der Waals surface area contributed by atoms with Gasteiger partial charge in [0.15, 0.2) is 0 Å². The minimum atomic E-state index is -1.57. The van der Waals surface area contributed by atoms with Crippen LogP contribution in [0.25, 0.3) is 10.9 Å². The second kappa shape index (κ2) is 12.0. The smallest absolute Gasteiger partial charge is 0.325 e. The van der Waals surface area contributed by atoms with Crippen molar-refractivity contribution in [2.45, 2.75) is 57.8 Å². The number of H-pyrrole nitrogens is 1. The van der Waals surface area contributed by atoms with E-state index in [9.17, 15) is 29.1 Å². The van der Waals surface area contributed by atoms with Gasteiger partial charge in [-0.2, -0.15) is 0 Å². The van der Waals surface area contributed by atoms with Crippen LogP contribution >= 0.6 is 0 Å². The van der Waals surface area contributed by atoms with Crippen LogP contribution in [0, 0.1) is 5.92 Å². The third-order valence-corrected chi connectivity index (χ3v) is 5.49. The number of nitrogens with two attached hydrogens (primary N) is 1. The van der Waals surface area contributed by atoms with Crippen molar-refractivity contribution in [3.8, 4) is 0 Å². The van der Waals surface area contributed by atoms with Gasteiger partial charge in [0.25, 0.3) is 0 Å². The first-order valence-electron chi connectivity index (χ1n) is 11.1. The van der Waals surface area contributed by atoms with Crippen molar-refractivity contribution in [3.63, 3.8) is 0 Å². The van der Waals surface area contributed by atoms with E-state index in [2.05, 4.69) is 20.9 Å². The van der Waals surface area contributed by atoms with Crippen molar-refractivity contribution < 1.29 is 34.2 Å². The van der Waals surface area contributed by atoms with E-state index in [4.69, 9.17) is 10.8 Å². The normalized spacial score (nSPS) is 14.5. The van der Waals surface area contributed by atoms with Gasteiger partial charge in [-0.1, -0.05) is 32.0 Å². The maximum atomic E-state index is 13.2. The zero-order valence-electron chi connectivity index (χ0n) is 19.7. The molecular formula is C23H31N5O7. The summed E-state index contributed by atoms with van der Waals surface area (Å²) in [6, 6.07) is 2.38. The second-order valence-electron chi connectivity index (χ2n) is 8.62. The lowest BCUT2D eigenvalue weighted by Gasteiger charge is -2.25. The van der Waals surface area contributed by atoms with E-state index in [1.165, 1.54) is 6.92 Å². The standard InChI is InChI=1S/C23H31N5O7/c1-11(2)19(24)22(33)28-16(8-13-10-25-15-7-5-4-6-14(13)15)21(32)27-17(9-18(29)30)20(31)26-12(3)23(34)35/h4-7,10-12,16-17,19,25H,8-9,24H2,1-3H3,(H,26,31)(H,27,32)(H,28,33)(H,29,30)(H,34,35). The van der Waals surface area contributed by atoms with Crippen molar-refractivity contribution in [1.82, 2.24) is 20.9 Å². The van der Waals surface area contributed by atoms with Gasteiger partial charge in [-0.25, -0.2) is 0 Å². The zero-order valence-corrected chi connectivity index (χ0v) is 19.7. The molecule has 2 rings (SSSR count). The Hall–Kier alpha value is -3.93. The van der Waals surface area contributed by atoms with E-state index in [0.29, 0.717) is 5.56 Å². The number of amides is 3. The summed E-state index contributed by atoms with van der Waals surface area (Å²) in [6.45, 7) is 4.69. The van der Waals surface area contributed by atoms with E-state index >= 15 is 0 Å². The van der Waals surface area contributed by atoms with Crippen molar-refractivity contribution >= 4 is 40.6 Å². The van der Waals surface area contributed by atoms with Crippen LogP contribution in [0.2, 0.25) is 0 Å². The highest BCUT2D eigenvalue weighted by Gasteiger charge is 2.31. The van der Waals surface area contributed by atoms with Crippen LogP contribution in [0.3, 0.4) is 0 Å². The lowest BCUT2D eigenvalue weighted by molar-refractivity contribution is -0.143. The largest absolute Gasteiger partial charge is 0.481 e. The highest BCUT2D eigenvalue weighted by molar-refractivity contribution is 5.96. The topological polar surface area (TPSA) is 204 Å². The fourth-order valence-electron chi connectivity index (χ4n) is 3.33. The average molecular weight is 490 g/mol. The molecule has 0 spiro atoms. The third kappa shape index (κ3) is 7.54. The highest BCUT2D eigenvalue weighted by atomic mass is 16.4. The number of benzene rings is 1. The monoisotopic (exact) mass is 489 g/mol. The van der Waals surface area contributed by atoms with Crippen LogP contribution < -0.4 is 21.7 Å². The molecule has 1 heterocycles. The lowest BCUT2D eigenvalue weighted by atomic mass is 10.0. The Labute approximate surface area is 201 Å². The van der Waals surface area contributed by atoms with Gasteiger partial charge in [0, 0.05) is 23.5 Å². The van der Waals surface area contributed by atoms with E-state index in [0.717, 1.165) is 10.9 Å². The number of nitrogens with one attached hydrogen (secondary N) is 4. The van der Waals surface area contributed by atoms with Crippen LogP contribution in [0.1, 0.15) is 32.8 Å². The first kappa shape index (κ1) is 27.3. The Morgan fingerprint density at radius 1 is 0.914 bits per heavy atom. The predicted molar refractivity (Wildman–Crippen MR) is 126 cm³/mol. The van der Waals surface area contributed by atoms with Gasteiger partial charge in [0.05, 0.1) is 12.5 Å². The number of fused-ring (bicyclic) bond motifs is 1. The number of hydrogen-bond donors (Lipinski definition) is 7. The number of aromatic nitrogens is 1. The molecule has 0 aliphatic carbocycles. The van der Waals surface area contributed by atoms with Gasteiger partial charge in [-0.05, 0) is 24.5 Å².